The second-order valence-electron chi connectivity index (χ2n) is 7.26. The standard InChI is InChI=1S/C20H27N3O4/c1-4-20(14-9-11-16(27-3)12-10-14)18(25)23(19(26)22-20)13(2)17(24)21-15-7-5-6-8-15/h9-13,15H,4-8H2,1-3H3,(H,21,24)(H,22,26)/t13-,20+/m1/s1. The molecule has 0 bridgehead atoms. The zero-order valence-electron chi connectivity index (χ0n) is 16.1. The zero-order chi connectivity index (χ0) is 19.6. The van der Waals surface area contributed by atoms with Gasteiger partial charge in [0.1, 0.15) is 17.3 Å². The highest BCUT2D eigenvalue weighted by molar-refractivity contribution is 6.10. The second kappa shape index (κ2) is 7.58. The van der Waals surface area contributed by atoms with Crippen LogP contribution in [0.4, 0.5) is 4.79 Å². The second-order valence-corrected chi connectivity index (χ2v) is 7.26. The Morgan fingerprint density at radius 1 is 1.30 bits per heavy atom. The summed E-state index contributed by atoms with van der Waals surface area (Å²) < 4.78 is 5.16. The third-order valence-electron chi connectivity index (χ3n) is 5.70. The summed E-state index contributed by atoms with van der Waals surface area (Å²) in [6.07, 6.45) is 4.47. The minimum Gasteiger partial charge on any atom is -0.497 e. The fraction of sp³-hybridized carbons (Fsp3) is 0.550. The van der Waals surface area contributed by atoms with Gasteiger partial charge in [0.05, 0.1) is 7.11 Å². The molecule has 1 aromatic rings. The van der Waals surface area contributed by atoms with E-state index < -0.39 is 23.5 Å². The fourth-order valence-electron chi connectivity index (χ4n) is 3.97. The van der Waals surface area contributed by atoms with Crippen molar-refractivity contribution in [1.29, 1.82) is 0 Å². The number of carbonyl (C=O) groups is 3. The zero-order valence-corrected chi connectivity index (χ0v) is 16.1. The minimum absolute atomic E-state index is 0.137. The number of hydrogen-bond donors (Lipinski definition) is 2. The van der Waals surface area contributed by atoms with Crippen molar-refractivity contribution in [2.45, 2.75) is 63.6 Å². The van der Waals surface area contributed by atoms with Gasteiger partial charge in [-0.3, -0.25) is 9.59 Å². The Balaban J connectivity index is 1.82. The fourth-order valence-corrected chi connectivity index (χ4v) is 3.97. The molecule has 2 atom stereocenters. The van der Waals surface area contributed by atoms with Crippen LogP contribution in [0.5, 0.6) is 5.75 Å². The molecule has 3 rings (SSSR count). The first-order valence-electron chi connectivity index (χ1n) is 9.53. The van der Waals surface area contributed by atoms with Crippen LogP contribution in [0, 0.1) is 0 Å². The number of ether oxygens (including phenoxy) is 1. The van der Waals surface area contributed by atoms with Gasteiger partial charge in [-0.25, -0.2) is 9.69 Å². The van der Waals surface area contributed by atoms with E-state index in [-0.39, 0.29) is 11.9 Å². The van der Waals surface area contributed by atoms with Gasteiger partial charge >= 0.3 is 6.03 Å². The molecule has 1 heterocycles. The number of rotatable bonds is 6. The van der Waals surface area contributed by atoms with Crippen LogP contribution in [-0.4, -0.2) is 41.9 Å². The molecule has 1 aliphatic heterocycles. The van der Waals surface area contributed by atoms with Gasteiger partial charge in [0.25, 0.3) is 5.91 Å². The van der Waals surface area contributed by atoms with Crippen LogP contribution in [0.25, 0.3) is 0 Å². The first-order valence-corrected chi connectivity index (χ1v) is 9.53. The number of hydrogen-bond acceptors (Lipinski definition) is 4. The summed E-state index contributed by atoms with van der Waals surface area (Å²) in [6.45, 7) is 3.44. The average molecular weight is 373 g/mol. The molecule has 27 heavy (non-hydrogen) atoms. The van der Waals surface area contributed by atoms with E-state index in [9.17, 15) is 14.4 Å². The quantitative estimate of drug-likeness (QED) is 0.749. The van der Waals surface area contributed by atoms with Crippen LogP contribution in [0.2, 0.25) is 0 Å². The molecule has 4 amide bonds. The highest BCUT2D eigenvalue weighted by atomic mass is 16.5. The molecule has 2 aliphatic rings. The molecule has 0 radical (unpaired) electrons. The van der Waals surface area contributed by atoms with Crippen LogP contribution in [0.3, 0.4) is 0 Å². The molecule has 7 nitrogen and oxygen atoms in total. The van der Waals surface area contributed by atoms with Crippen molar-refractivity contribution in [2.75, 3.05) is 7.11 Å². The van der Waals surface area contributed by atoms with Gasteiger partial charge in [0.2, 0.25) is 5.91 Å². The molecule has 1 aromatic carbocycles. The van der Waals surface area contributed by atoms with Crippen molar-refractivity contribution < 1.29 is 19.1 Å². The Bertz CT molecular complexity index is 727. The van der Waals surface area contributed by atoms with Gasteiger partial charge in [-0.1, -0.05) is 31.9 Å². The normalized spacial score (nSPS) is 24.0. The summed E-state index contributed by atoms with van der Waals surface area (Å²) in [6, 6.07) is 5.80. The molecule has 1 saturated heterocycles. The van der Waals surface area contributed by atoms with Gasteiger partial charge in [-0.15, -0.1) is 0 Å². The number of methoxy groups -OCH3 is 1. The SMILES string of the molecule is CC[C@@]1(c2ccc(OC)cc2)NC(=O)N([C@H](C)C(=O)NC2CCCC2)C1=O. The summed E-state index contributed by atoms with van der Waals surface area (Å²) in [4.78, 5) is 39.5. The predicted octanol–water partition coefficient (Wildman–Crippen LogP) is 2.30. The summed E-state index contributed by atoms with van der Waals surface area (Å²) in [5, 5.41) is 5.78. The third kappa shape index (κ3) is 3.38. The molecular formula is C20H27N3O4. The van der Waals surface area contributed by atoms with Crippen LogP contribution in [0.1, 0.15) is 51.5 Å². The molecule has 2 fully saturated rings. The molecule has 2 N–H and O–H groups in total. The maximum atomic E-state index is 13.2. The predicted molar refractivity (Wildman–Crippen MR) is 100 cm³/mol. The topological polar surface area (TPSA) is 87.7 Å². The molecule has 0 unspecified atom stereocenters. The summed E-state index contributed by atoms with van der Waals surface area (Å²) in [5.41, 5.74) is -0.485. The number of nitrogens with one attached hydrogen (secondary N) is 2. The molecule has 0 aromatic heterocycles. The van der Waals surface area contributed by atoms with E-state index in [1.165, 1.54) is 0 Å². The van der Waals surface area contributed by atoms with E-state index >= 15 is 0 Å². The van der Waals surface area contributed by atoms with Crippen molar-refractivity contribution in [2.24, 2.45) is 0 Å². The highest BCUT2D eigenvalue weighted by Crippen LogP contribution is 2.34. The van der Waals surface area contributed by atoms with E-state index in [0.717, 1.165) is 30.6 Å². The van der Waals surface area contributed by atoms with E-state index in [0.29, 0.717) is 17.7 Å². The van der Waals surface area contributed by atoms with Gasteiger partial charge in [0, 0.05) is 6.04 Å². The third-order valence-corrected chi connectivity index (χ3v) is 5.70. The molecule has 146 valence electrons. The van der Waals surface area contributed by atoms with Gasteiger partial charge in [-0.2, -0.15) is 0 Å². The van der Waals surface area contributed by atoms with Gasteiger partial charge in [0.15, 0.2) is 0 Å². The lowest BCUT2D eigenvalue weighted by Crippen LogP contribution is -2.51. The van der Waals surface area contributed by atoms with Crippen LogP contribution in [0.15, 0.2) is 24.3 Å². The highest BCUT2D eigenvalue weighted by Gasteiger charge is 2.53. The van der Waals surface area contributed by atoms with Crippen molar-refractivity contribution >= 4 is 17.8 Å². The molecule has 7 heteroatoms. The first kappa shape index (κ1) is 19.2. The van der Waals surface area contributed by atoms with Gasteiger partial charge < -0.3 is 15.4 Å². The largest absolute Gasteiger partial charge is 0.497 e. The van der Waals surface area contributed by atoms with E-state index in [2.05, 4.69) is 10.6 Å². The van der Waals surface area contributed by atoms with E-state index in [1.54, 1.807) is 38.3 Å². The lowest BCUT2D eigenvalue weighted by Gasteiger charge is -2.27. The van der Waals surface area contributed by atoms with Crippen molar-refractivity contribution in [3.63, 3.8) is 0 Å². The lowest BCUT2D eigenvalue weighted by molar-refractivity contribution is -0.138. The number of carbonyl (C=O) groups excluding carboxylic acids is 3. The van der Waals surface area contributed by atoms with Crippen LogP contribution in [-0.2, 0) is 15.1 Å². The van der Waals surface area contributed by atoms with E-state index in [4.69, 9.17) is 4.74 Å². The molecule has 1 aliphatic carbocycles. The Morgan fingerprint density at radius 2 is 1.93 bits per heavy atom. The van der Waals surface area contributed by atoms with E-state index in [1.807, 2.05) is 6.92 Å². The molecular weight excluding hydrogens is 346 g/mol. The minimum atomic E-state index is -1.16. The first-order chi connectivity index (χ1) is 12.9. The smallest absolute Gasteiger partial charge is 0.326 e. The Labute approximate surface area is 159 Å². The number of benzene rings is 1. The summed E-state index contributed by atoms with van der Waals surface area (Å²) in [7, 11) is 1.57. The number of amides is 4. The summed E-state index contributed by atoms with van der Waals surface area (Å²) in [5.74, 6) is -0.00999. The molecule has 1 saturated carbocycles. The van der Waals surface area contributed by atoms with Crippen LogP contribution < -0.4 is 15.4 Å². The number of nitrogens with zero attached hydrogens (tertiary/aromatic N) is 1. The average Bonchev–Trinajstić information content (AvgIpc) is 3.27. The maximum absolute atomic E-state index is 13.2. The van der Waals surface area contributed by atoms with Crippen LogP contribution >= 0.6 is 0 Å². The van der Waals surface area contributed by atoms with Crippen molar-refractivity contribution in [1.82, 2.24) is 15.5 Å². The number of urea groups is 1. The Hall–Kier alpha value is -2.57. The summed E-state index contributed by atoms with van der Waals surface area (Å²) >= 11 is 0. The lowest BCUT2D eigenvalue weighted by atomic mass is 9.87. The Kier molecular flexibility index (Phi) is 5.39. The van der Waals surface area contributed by atoms with Crippen molar-refractivity contribution in [3.05, 3.63) is 29.8 Å². The maximum Gasteiger partial charge on any atom is 0.326 e. The van der Waals surface area contributed by atoms with Crippen molar-refractivity contribution in [3.8, 4) is 5.75 Å². The monoisotopic (exact) mass is 373 g/mol. The molecule has 0 spiro atoms. The number of imide groups is 1. The Morgan fingerprint density at radius 3 is 2.48 bits per heavy atom. The van der Waals surface area contributed by atoms with Gasteiger partial charge in [-0.05, 0) is 43.9 Å².